The Balaban J connectivity index is 2.42. The van der Waals surface area contributed by atoms with E-state index in [2.05, 4.69) is 19.2 Å². The smallest absolute Gasteiger partial charge is 0.308 e. The van der Waals surface area contributed by atoms with E-state index in [1.807, 2.05) is 12.1 Å². The molecule has 1 aromatic rings. The second kappa shape index (κ2) is 6.16. The van der Waals surface area contributed by atoms with Crippen LogP contribution in [0.4, 0.5) is 5.69 Å². The first-order chi connectivity index (χ1) is 7.58. The van der Waals surface area contributed by atoms with Gasteiger partial charge >= 0.3 is 5.97 Å². The van der Waals surface area contributed by atoms with E-state index in [0.717, 1.165) is 18.7 Å². The summed E-state index contributed by atoms with van der Waals surface area (Å²) in [5, 5.41) is 3.32. The second-order valence-electron chi connectivity index (χ2n) is 4.23. The maximum absolute atomic E-state index is 10.7. The molecule has 0 unspecified atom stereocenters. The number of nitrogens with one attached hydrogen (secondary N) is 1. The van der Waals surface area contributed by atoms with E-state index in [0.29, 0.717) is 11.7 Å². The van der Waals surface area contributed by atoms with Gasteiger partial charge < -0.3 is 10.1 Å². The summed E-state index contributed by atoms with van der Waals surface area (Å²) in [7, 11) is 0. The van der Waals surface area contributed by atoms with Crippen LogP contribution in [0.15, 0.2) is 24.3 Å². The van der Waals surface area contributed by atoms with E-state index in [1.165, 1.54) is 6.92 Å². The fraction of sp³-hybridized carbons (Fsp3) is 0.462. The molecule has 0 radical (unpaired) electrons. The van der Waals surface area contributed by atoms with Crippen LogP contribution in [-0.2, 0) is 4.79 Å². The highest BCUT2D eigenvalue weighted by atomic mass is 16.5. The highest BCUT2D eigenvalue weighted by Crippen LogP contribution is 2.16. The van der Waals surface area contributed by atoms with Gasteiger partial charge in [0.1, 0.15) is 5.75 Å². The Hall–Kier alpha value is -1.51. The molecule has 0 atom stereocenters. The molecule has 1 N–H and O–H groups in total. The summed E-state index contributed by atoms with van der Waals surface area (Å²) in [4.78, 5) is 10.7. The highest BCUT2D eigenvalue weighted by molar-refractivity contribution is 5.69. The topological polar surface area (TPSA) is 38.3 Å². The Morgan fingerprint density at radius 2 is 1.94 bits per heavy atom. The summed E-state index contributed by atoms with van der Waals surface area (Å²) in [6.07, 6.45) is 1.14. The van der Waals surface area contributed by atoms with Crippen LogP contribution in [-0.4, -0.2) is 12.5 Å². The Morgan fingerprint density at radius 1 is 1.31 bits per heavy atom. The quantitative estimate of drug-likeness (QED) is 0.613. The average Bonchev–Trinajstić information content (AvgIpc) is 2.19. The molecule has 0 aromatic heterocycles. The van der Waals surface area contributed by atoms with Gasteiger partial charge in [-0.2, -0.15) is 0 Å². The van der Waals surface area contributed by atoms with E-state index in [9.17, 15) is 4.79 Å². The third-order valence-electron chi connectivity index (χ3n) is 2.17. The molecule has 0 aliphatic heterocycles. The molecule has 0 aliphatic carbocycles. The van der Waals surface area contributed by atoms with Crippen molar-refractivity contribution >= 4 is 11.7 Å². The van der Waals surface area contributed by atoms with Gasteiger partial charge in [-0.1, -0.05) is 13.8 Å². The Morgan fingerprint density at radius 3 is 2.44 bits per heavy atom. The third-order valence-corrected chi connectivity index (χ3v) is 2.17. The van der Waals surface area contributed by atoms with Crippen molar-refractivity contribution in [3.8, 4) is 5.75 Å². The van der Waals surface area contributed by atoms with Crippen LogP contribution in [0.25, 0.3) is 0 Å². The lowest BCUT2D eigenvalue weighted by Gasteiger charge is -2.08. The lowest BCUT2D eigenvalue weighted by Crippen LogP contribution is -2.05. The SMILES string of the molecule is CC(=O)Oc1ccc(NCCC(C)C)cc1. The molecule has 0 heterocycles. The first kappa shape index (κ1) is 12.6. The molecule has 0 saturated carbocycles. The summed E-state index contributed by atoms with van der Waals surface area (Å²) in [5.41, 5.74) is 1.05. The molecule has 0 bridgehead atoms. The van der Waals surface area contributed by atoms with Crippen LogP contribution in [0.3, 0.4) is 0 Å². The molecule has 0 saturated heterocycles. The molecule has 0 aliphatic rings. The number of carbonyl (C=O) groups is 1. The van der Waals surface area contributed by atoms with Crippen LogP contribution >= 0.6 is 0 Å². The molecule has 0 amide bonds. The average molecular weight is 221 g/mol. The van der Waals surface area contributed by atoms with Crippen molar-refractivity contribution in [1.29, 1.82) is 0 Å². The van der Waals surface area contributed by atoms with Crippen molar-refractivity contribution in [2.45, 2.75) is 27.2 Å². The zero-order valence-electron chi connectivity index (χ0n) is 10.1. The molecule has 88 valence electrons. The number of hydrogen-bond acceptors (Lipinski definition) is 3. The van der Waals surface area contributed by atoms with Gasteiger partial charge in [0.05, 0.1) is 0 Å². The summed E-state index contributed by atoms with van der Waals surface area (Å²) in [6.45, 7) is 6.76. The Kier molecular flexibility index (Phi) is 4.83. The monoisotopic (exact) mass is 221 g/mol. The van der Waals surface area contributed by atoms with Crippen molar-refractivity contribution in [2.75, 3.05) is 11.9 Å². The van der Waals surface area contributed by atoms with Gasteiger partial charge in [-0.3, -0.25) is 4.79 Å². The maximum Gasteiger partial charge on any atom is 0.308 e. The number of rotatable bonds is 5. The van der Waals surface area contributed by atoms with E-state index in [4.69, 9.17) is 4.74 Å². The number of carbonyl (C=O) groups excluding carboxylic acids is 1. The number of ether oxygens (including phenoxy) is 1. The first-order valence-electron chi connectivity index (χ1n) is 5.60. The standard InChI is InChI=1S/C13H19NO2/c1-10(2)8-9-14-12-4-6-13(7-5-12)16-11(3)15/h4-7,10,14H,8-9H2,1-3H3. The van der Waals surface area contributed by atoms with Gasteiger partial charge in [-0.05, 0) is 36.6 Å². The van der Waals surface area contributed by atoms with E-state index in [-0.39, 0.29) is 5.97 Å². The van der Waals surface area contributed by atoms with Gasteiger partial charge in [0.2, 0.25) is 0 Å². The third kappa shape index (κ3) is 4.82. The zero-order chi connectivity index (χ0) is 12.0. The molecular formula is C13H19NO2. The largest absolute Gasteiger partial charge is 0.427 e. The van der Waals surface area contributed by atoms with Gasteiger partial charge in [-0.25, -0.2) is 0 Å². The number of anilines is 1. The fourth-order valence-corrected chi connectivity index (χ4v) is 1.31. The van der Waals surface area contributed by atoms with Crippen molar-refractivity contribution in [3.05, 3.63) is 24.3 Å². The first-order valence-corrected chi connectivity index (χ1v) is 5.60. The fourth-order valence-electron chi connectivity index (χ4n) is 1.31. The number of benzene rings is 1. The minimum absolute atomic E-state index is 0.291. The summed E-state index contributed by atoms with van der Waals surface area (Å²) >= 11 is 0. The van der Waals surface area contributed by atoms with Crippen molar-refractivity contribution in [3.63, 3.8) is 0 Å². The van der Waals surface area contributed by atoms with Crippen LogP contribution < -0.4 is 10.1 Å². The number of esters is 1. The summed E-state index contributed by atoms with van der Waals surface area (Å²) in [6, 6.07) is 7.41. The van der Waals surface area contributed by atoms with Crippen molar-refractivity contribution in [2.24, 2.45) is 5.92 Å². The van der Waals surface area contributed by atoms with E-state index < -0.39 is 0 Å². The normalized spacial score (nSPS) is 10.2. The minimum Gasteiger partial charge on any atom is -0.427 e. The van der Waals surface area contributed by atoms with Gasteiger partial charge in [-0.15, -0.1) is 0 Å². The van der Waals surface area contributed by atoms with Gasteiger partial charge in [0, 0.05) is 19.2 Å². The van der Waals surface area contributed by atoms with Gasteiger partial charge in [0.25, 0.3) is 0 Å². The second-order valence-corrected chi connectivity index (χ2v) is 4.23. The highest BCUT2D eigenvalue weighted by Gasteiger charge is 1.98. The lowest BCUT2D eigenvalue weighted by molar-refractivity contribution is -0.131. The van der Waals surface area contributed by atoms with Crippen LogP contribution in [0.1, 0.15) is 27.2 Å². The number of hydrogen-bond donors (Lipinski definition) is 1. The minimum atomic E-state index is -0.291. The maximum atomic E-state index is 10.7. The molecule has 16 heavy (non-hydrogen) atoms. The van der Waals surface area contributed by atoms with E-state index >= 15 is 0 Å². The molecule has 1 aromatic carbocycles. The van der Waals surface area contributed by atoms with Crippen LogP contribution in [0.5, 0.6) is 5.75 Å². The Labute approximate surface area is 96.8 Å². The molecular weight excluding hydrogens is 202 g/mol. The summed E-state index contributed by atoms with van der Waals surface area (Å²) < 4.78 is 4.95. The predicted molar refractivity (Wildman–Crippen MR) is 65.7 cm³/mol. The predicted octanol–water partition coefficient (Wildman–Crippen LogP) is 3.07. The van der Waals surface area contributed by atoms with Gasteiger partial charge in [0.15, 0.2) is 0 Å². The molecule has 3 nitrogen and oxygen atoms in total. The molecule has 0 fully saturated rings. The van der Waals surface area contributed by atoms with Crippen molar-refractivity contribution in [1.82, 2.24) is 0 Å². The zero-order valence-corrected chi connectivity index (χ0v) is 10.1. The summed E-state index contributed by atoms with van der Waals surface area (Å²) in [5.74, 6) is 0.996. The molecule has 0 spiro atoms. The molecule has 3 heteroatoms. The Bertz CT molecular complexity index is 330. The van der Waals surface area contributed by atoms with Crippen LogP contribution in [0.2, 0.25) is 0 Å². The van der Waals surface area contributed by atoms with E-state index in [1.54, 1.807) is 12.1 Å². The van der Waals surface area contributed by atoms with Crippen LogP contribution in [0, 0.1) is 5.92 Å². The van der Waals surface area contributed by atoms with Crippen molar-refractivity contribution < 1.29 is 9.53 Å². The lowest BCUT2D eigenvalue weighted by atomic mass is 10.1. The molecule has 1 rings (SSSR count).